The van der Waals surface area contributed by atoms with E-state index in [0.29, 0.717) is 12.6 Å². The van der Waals surface area contributed by atoms with Gasteiger partial charge in [-0.3, -0.25) is 4.99 Å². The minimum atomic E-state index is 0.139. The van der Waals surface area contributed by atoms with E-state index in [2.05, 4.69) is 50.5 Å². The number of nitrogens with one attached hydrogen (secondary N) is 1. The number of hydrogen-bond donors (Lipinski definition) is 2. The van der Waals surface area contributed by atoms with Crippen LogP contribution in [0.3, 0.4) is 0 Å². The lowest BCUT2D eigenvalue weighted by Gasteiger charge is -2.27. The van der Waals surface area contributed by atoms with Gasteiger partial charge in [0.05, 0.1) is 19.2 Å². The number of guanidine groups is 1. The van der Waals surface area contributed by atoms with Crippen LogP contribution in [0.15, 0.2) is 58.0 Å². The SMILES string of the molecule is NC(=NCC1(c2ccccc2Br)CC1)NC1CCOc2ccccc21. The maximum Gasteiger partial charge on any atom is 0.189 e. The van der Waals surface area contributed by atoms with E-state index in [1.54, 1.807) is 0 Å². The minimum Gasteiger partial charge on any atom is -0.493 e. The van der Waals surface area contributed by atoms with Gasteiger partial charge in [0.2, 0.25) is 0 Å². The second-order valence-corrected chi connectivity index (χ2v) is 7.69. The fraction of sp³-hybridized carbons (Fsp3) is 0.350. The third kappa shape index (κ3) is 3.38. The fourth-order valence-corrected chi connectivity index (χ4v) is 4.21. The molecule has 3 N–H and O–H groups in total. The first kappa shape index (κ1) is 16.5. The molecular formula is C20H22BrN3O. The predicted octanol–water partition coefficient (Wildman–Crippen LogP) is 3.91. The number of para-hydroxylation sites is 1. The smallest absolute Gasteiger partial charge is 0.189 e. The van der Waals surface area contributed by atoms with Crippen LogP contribution in [-0.2, 0) is 5.41 Å². The van der Waals surface area contributed by atoms with Gasteiger partial charge >= 0.3 is 0 Å². The summed E-state index contributed by atoms with van der Waals surface area (Å²) in [4.78, 5) is 4.66. The summed E-state index contributed by atoms with van der Waals surface area (Å²) in [6.07, 6.45) is 3.21. The van der Waals surface area contributed by atoms with E-state index in [1.807, 2.05) is 24.3 Å². The third-order valence-corrected chi connectivity index (χ3v) is 5.82. The average molecular weight is 400 g/mol. The molecule has 2 aromatic carbocycles. The van der Waals surface area contributed by atoms with Gasteiger partial charge in [-0.15, -0.1) is 0 Å². The Morgan fingerprint density at radius 2 is 1.96 bits per heavy atom. The number of rotatable bonds is 4. The number of benzene rings is 2. The van der Waals surface area contributed by atoms with Crippen molar-refractivity contribution in [2.45, 2.75) is 30.7 Å². The molecule has 1 unspecified atom stereocenters. The summed E-state index contributed by atoms with van der Waals surface area (Å²) < 4.78 is 6.86. The molecule has 2 aromatic rings. The Hall–Kier alpha value is -2.01. The third-order valence-electron chi connectivity index (χ3n) is 5.13. The van der Waals surface area contributed by atoms with Crippen LogP contribution in [0, 0.1) is 0 Å². The number of hydrogen-bond acceptors (Lipinski definition) is 2. The maximum atomic E-state index is 6.20. The van der Waals surface area contributed by atoms with Gasteiger partial charge < -0.3 is 15.8 Å². The van der Waals surface area contributed by atoms with Gasteiger partial charge in [-0.2, -0.15) is 0 Å². The molecule has 1 saturated carbocycles. The summed E-state index contributed by atoms with van der Waals surface area (Å²) in [5.41, 5.74) is 8.83. The molecule has 0 radical (unpaired) electrons. The highest BCUT2D eigenvalue weighted by molar-refractivity contribution is 9.10. The molecule has 4 rings (SSSR count). The summed E-state index contributed by atoms with van der Waals surface area (Å²) in [5.74, 6) is 1.45. The van der Waals surface area contributed by atoms with Crippen molar-refractivity contribution in [3.05, 3.63) is 64.1 Å². The van der Waals surface area contributed by atoms with E-state index in [4.69, 9.17) is 10.5 Å². The van der Waals surface area contributed by atoms with Crippen molar-refractivity contribution < 1.29 is 4.74 Å². The molecule has 2 aliphatic rings. The molecule has 4 nitrogen and oxygen atoms in total. The summed E-state index contributed by atoms with van der Waals surface area (Å²) in [5, 5.41) is 3.38. The molecule has 0 spiro atoms. The molecule has 0 aromatic heterocycles. The molecule has 1 atom stereocenters. The first-order chi connectivity index (χ1) is 12.2. The van der Waals surface area contributed by atoms with Crippen LogP contribution < -0.4 is 15.8 Å². The Kier molecular flexibility index (Phi) is 4.42. The van der Waals surface area contributed by atoms with Gasteiger partial charge in [-0.25, -0.2) is 0 Å². The summed E-state index contributed by atoms with van der Waals surface area (Å²) in [6, 6.07) is 16.7. The Balaban J connectivity index is 1.46. The molecule has 0 bridgehead atoms. The summed E-state index contributed by atoms with van der Waals surface area (Å²) in [7, 11) is 0. The largest absolute Gasteiger partial charge is 0.493 e. The van der Waals surface area contributed by atoms with Crippen LogP contribution in [0.2, 0.25) is 0 Å². The quantitative estimate of drug-likeness (QED) is 0.605. The number of ether oxygens (including phenoxy) is 1. The van der Waals surface area contributed by atoms with E-state index < -0.39 is 0 Å². The van der Waals surface area contributed by atoms with Gasteiger partial charge in [0.25, 0.3) is 0 Å². The monoisotopic (exact) mass is 399 g/mol. The van der Waals surface area contributed by atoms with Gasteiger partial charge in [0.15, 0.2) is 5.96 Å². The van der Waals surface area contributed by atoms with Crippen molar-refractivity contribution in [1.29, 1.82) is 0 Å². The maximum absolute atomic E-state index is 6.20. The zero-order chi connectivity index (χ0) is 17.3. The normalized spacial score (nSPS) is 21.2. The Labute approximate surface area is 156 Å². The zero-order valence-corrected chi connectivity index (χ0v) is 15.6. The molecule has 1 heterocycles. The topological polar surface area (TPSA) is 59.6 Å². The average Bonchev–Trinajstić information content (AvgIpc) is 3.42. The minimum absolute atomic E-state index is 0.139. The highest BCUT2D eigenvalue weighted by Gasteiger charge is 2.45. The van der Waals surface area contributed by atoms with E-state index in [9.17, 15) is 0 Å². The second-order valence-electron chi connectivity index (χ2n) is 6.83. The number of nitrogens with zero attached hydrogens (tertiary/aromatic N) is 1. The molecule has 1 aliphatic heterocycles. The standard InChI is InChI=1S/C20H22BrN3O/c21-16-7-3-2-6-15(16)20(10-11-20)13-23-19(22)24-17-9-12-25-18-8-4-1-5-14(17)18/h1-8,17H,9-13H2,(H3,22,23,24). The van der Waals surface area contributed by atoms with Gasteiger partial charge in [0, 0.05) is 21.9 Å². The first-order valence-corrected chi connectivity index (χ1v) is 9.50. The fourth-order valence-electron chi connectivity index (χ4n) is 3.51. The Morgan fingerprint density at radius 3 is 2.76 bits per heavy atom. The Morgan fingerprint density at radius 1 is 1.20 bits per heavy atom. The molecule has 1 aliphatic carbocycles. The zero-order valence-electron chi connectivity index (χ0n) is 14.0. The molecule has 25 heavy (non-hydrogen) atoms. The van der Waals surface area contributed by atoms with Crippen LogP contribution in [0.4, 0.5) is 0 Å². The number of fused-ring (bicyclic) bond motifs is 1. The van der Waals surface area contributed by atoms with Gasteiger partial charge in [-0.1, -0.05) is 52.3 Å². The van der Waals surface area contributed by atoms with Crippen LogP contribution in [0.5, 0.6) is 5.75 Å². The van der Waals surface area contributed by atoms with Crippen molar-refractivity contribution in [3.63, 3.8) is 0 Å². The number of aliphatic imine (C=N–C) groups is 1. The van der Waals surface area contributed by atoms with Gasteiger partial charge in [-0.05, 0) is 30.5 Å². The highest BCUT2D eigenvalue weighted by Crippen LogP contribution is 2.50. The Bertz CT molecular complexity index is 801. The molecule has 5 heteroatoms. The van der Waals surface area contributed by atoms with Crippen LogP contribution in [-0.4, -0.2) is 19.1 Å². The van der Waals surface area contributed by atoms with Crippen molar-refractivity contribution in [1.82, 2.24) is 5.32 Å². The first-order valence-electron chi connectivity index (χ1n) is 8.71. The second kappa shape index (κ2) is 6.71. The van der Waals surface area contributed by atoms with E-state index in [0.717, 1.165) is 41.6 Å². The van der Waals surface area contributed by atoms with Crippen LogP contribution in [0.1, 0.15) is 36.4 Å². The molecule has 0 amide bonds. The van der Waals surface area contributed by atoms with Crippen molar-refractivity contribution in [3.8, 4) is 5.75 Å². The predicted molar refractivity (Wildman–Crippen MR) is 104 cm³/mol. The number of nitrogens with two attached hydrogens (primary N) is 1. The summed E-state index contributed by atoms with van der Waals surface area (Å²) in [6.45, 7) is 1.42. The molecule has 1 fully saturated rings. The van der Waals surface area contributed by atoms with E-state index in [1.165, 1.54) is 5.56 Å². The van der Waals surface area contributed by atoms with Crippen molar-refractivity contribution in [2.24, 2.45) is 10.7 Å². The van der Waals surface area contributed by atoms with E-state index >= 15 is 0 Å². The lowest BCUT2D eigenvalue weighted by atomic mass is 9.96. The highest BCUT2D eigenvalue weighted by atomic mass is 79.9. The summed E-state index contributed by atoms with van der Waals surface area (Å²) >= 11 is 3.67. The van der Waals surface area contributed by atoms with Crippen LogP contribution in [0.25, 0.3) is 0 Å². The van der Waals surface area contributed by atoms with E-state index in [-0.39, 0.29) is 11.5 Å². The van der Waals surface area contributed by atoms with Crippen molar-refractivity contribution >= 4 is 21.9 Å². The number of halogens is 1. The lowest BCUT2D eigenvalue weighted by Crippen LogP contribution is -2.38. The molecule has 130 valence electrons. The van der Waals surface area contributed by atoms with Crippen molar-refractivity contribution in [2.75, 3.05) is 13.2 Å². The molecular weight excluding hydrogens is 378 g/mol. The van der Waals surface area contributed by atoms with Crippen LogP contribution >= 0.6 is 15.9 Å². The van der Waals surface area contributed by atoms with Gasteiger partial charge in [0.1, 0.15) is 5.75 Å². The lowest BCUT2D eigenvalue weighted by molar-refractivity contribution is 0.262. The molecule has 0 saturated heterocycles.